The van der Waals surface area contributed by atoms with E-state index in [-0.39, 0.29) is 5.41 Å². The maximum absolute atomic E-state index is 6.65. The first-order valence-corrected chi connectivity index (χ1v) is 15.9. The van der Waals surface area contributed by atoms with E-state index < -0.39 is 0 Å². The Labute approximate surface area is 271 Å². The summed E-state index contributed by atoms with van der Waals surface area (Å²) in [7, 11) is 0. The molecule has 0 fully saturated rings. The van der Waals surface area contributed by atoms with E-state index >= 15 is 0 Å². The Bertz CT molecular complexity index is 2260. The van der Waals surface area contributed by atoms with Gasteiger partial charge in [-0.2, -0.15) is 5.10 Å². The van der Waals surface area contributed by atoms with E-state index in [9.17, 15) is 0 Å². The van der Waals surface area contributed by atoms with Crippen LogP contribution in [0.2, 0.25) is 0 Å². The third-order valence-corrected chi connectivity index (χ3v) is 8.79. The number of hydrogen-bond donors (Lipinski definition) is 0. The van der Waals surface area contributed by atoms with E-state index in [1.807, 2.05) is 12.3 Å². The predicted molar refractivity (Wildman–Crippen MR) is 190 cm³/mol. The Morgan fingerprint density at radius 2 is 1.37 bits per heavy atom. The van der Waals surface area contributed by atoms with Gasteiger partial charge in [0, 0.05) is 40.1 Å². The molecule has 7 aromatic rings. The molecule has 4 aromatic carbocycles. The number of para-hydroxylation sites is 1. The normalized spacial score (nSPS) is 11.9. The van der Waals surface area contributed by atoms with Gasteiger partial charge in [0.2, 0.25) is 0 Å². The molecule has 0 aliphatic rings. The number of fused-ring (bicyclic) bond motifs is 3. The first-order valence-electron chi connectivity index (χ1n) is 15.9. The van der Waals surface area contributed by atoms with Gasteiger partial charge in [0.05, 0.1) is 28.1 Å². The summed E-state index contributed by atoms with van der Waals surface area (Å²) in [5.74, 6) is 2.43. The number of aromatic nitrogens is 4. The number of benzene rings is 4. The molecule has 0 spiro atoms. The maximum atomic E-state index is 6.65. The summed E-state index contributed by atoms with van der Waals surface area (Å²) in [6.07, 6.45) is 1.87. The quantitative estimate of drug-likeness (QED) is 0.196. The highest BCUT2D eigenvalue weighted by Gasteiger charge is 2.29. The molecule has 0 atom stereocenters. The summed E-state index contributed by atoms with van der Waals surface area (Å²) in [5.41, 5.74) is 12.5. The van der Waals surface area contributed by atoms with Crippen LogP contribution in [0.25, 0.3) is 44.4 Å². The van der Waals surface area contributed by atoms with Crippen LogP contribution in [0.4, 0.5) is 0 Å². The molecular weight excluding hydrogens is 564 g/mol. The summed E-state index contributed by atoms with van der Waals surface area (Å²) >= 11 is 0. The lowest BCUT2D eigenvalue weighted by atomic mass is 9.83. The van der Waals surface area contributed by atoms with E-state index in [1.165, 1.54) is 38.9 Å². The maximum Gasteiger partial charge on any atom is 0.137 e. The average molecular weight is 605 g/mol. The van der Waals surface area contributed by atoms with E-state index in [2.05, 4.69) is 150 Å². The molecule has 0 N–H and O–H groups in total. The fourth-order valence-electron chi connectivity index (χ4n) is 6.86. The van der Waals surface area contributed by atoms with Crippen LogP contribution in [0.5, 0.6) is 11.5 Å². The van der Waals surface area contributed by atoms with Crippen LogP contribution in [0.1, 0.15) is 54.4 Å². The summed E-state index contributed by atoms with van der Waals surface area (Å²) in [6.45, 7) is 17.5. The van der Waals surface area contributed by atoms with Crippen molar-refractivity contribution in [2.45, 2.75) is 60.8 Å². The van der Waals surface area contributed by atoms with Crippen LogP contribution in [0.15, 0.2) is 97.2 Å². The van der Waals surface area contributed by atoms with E-state index in [0.29, 0.717) is 0 Å². The van der Waals surface area contributed by atoms with E-state index in [0.717, 1.165) is 50.7 Å². The second-order valence-corrected chi connectivity index (χ2v) is 13.6. The largest absolute Gasteiger partial charge is 0.457 e. The van der Waals surface area contributed by atoms with Gasteiger partial charge in [-0.15, -0.1) is 0 Å². The molecule has 0 saturated heterocycles. The minimum absolute atomic E-state index is 0.154. The molecule has 5 heteroatoms. The smallest absolute Gasteiger partial charge is 0.137 e. The number of rotatable bonds is 5. The van der Waals surface area contributed by atoms with Gasteiger partial charge >= 0.3 is 0 Å². The lowest BCUT2D eigenvalue weighted by Crippen LogP contribution is -2.19. The molecule has 3 heterocycles. The first-order chi connectivity index (χ1) is 22.0. The summed E-state index contributed by atoms with van der Waals surface area (Å²) in [6, 6.07) is 31.9. The summed E-state index contributed by atoms with van der Waals surface area (Å²) in [4.78, 5) is 4.73. The number of pyridine rings is 1. The highest BCUT2D eigenvalue weighted by atomic mass is 16.5. The van der Waals surface area contributed by atoms with Crippen LogP contribution in [0.3, 0.4) is 0 Å². The molecule has 0 radical (unpaired) electrons. The van der Waals surface area contributed by atoms with Crippen LogP contribution in [-0.2, 0) is 5.41 Å². The van der Waals surface area contributed by atoms with Gasteiger partial charge in [-0.05, 0) is 105 Å². The van der Waals surface area contributed by atoms with Gasteiger partial charge in [0.15, 0.2) is 0 Å². The molecular formula is C41H40N4O. The first kappa shape index (κ1) is 29.5. The Kier molecular flexibility index (Phi) is 7.08. The average Bonchev–Trinajstić information content (AvgIpc) is 3.51. The molecule has 0 amide bonds. The second-order valence-electron chi connectivity index (χ2n) is 13.6. The fourth-order valence-corrected chi connectivity index (χ4v) is 6.86. The van der Waals surface area contributed by atoms with Gasteiger partial charge in [-0.1, -0.05) is 57.2 Å². The van der Waals surface area contributed by atoms with Crippen molar-refractivity contribution in [3.8, 4) is 34.1 Å². The minimum atomic E-state index is -0.154. The SMILES string of the molecule is Cc1cc(Oc2ccc3c4ccccc4n(-c4cc(C)ccn4)c3c2)cc(-n2nc(C)c(-c3c(C)cccc3C)c2C(C)(C)C)c1. The molecule has 0 unspecified atom stereocenters. The third-order valence-electron chi connectivity index (χ3n) is 8.79. The zero-order chi connectivity index (χ0) is 32.3. The van der Waals surface area contributed by atoms with Gasteiger partial charge in [0.25, 0.3) is 0 Å². The molecule has 0 aliphatic carbocycles. The lowest BCUT2D eigenvalue weighted by Gasteiger charge is -2.24. The highest BCUT2D eigenvalue weighted by molar-refractivity contribution is 6.09. The molecule has 5 nitrogen and oxygen atoms in total. The van der Waals surface area contributed by atoms with Gasteiger partial charge in [-0.25, -0.2) is 9.67 Å². The van der Waals surface area contributed by atoms with Crippen LogP contribution in [0, 0.1) is 34.6 Å². The zero-order valence-corrected chi connectivity index (χ0v) is 27.9. The van der Waals surface area contributed by atoms with Crippen molar-refractivity contribution < 1.29 is 4.74 Å². The molecule has 0 aliphatic heterocycles. The predicted octanol–water partition coefficient (Wildman–Crippen LogP) is 10.7. The third kappa shape index (κ3) is 5.06. The topological polar surface area (TPSA) is 44.9 Å². The van der Waals surface area contributed by atoms with Crippen molar-refractivity contribution in [2.75, 3.05) is 0 Å². The Hall–Kier alpha value is -5.16. The van der Waals surface area contributed by atoms with Gasteiger partial charge < -0.3 is 4.74 Å². The van der Waals surface area contributed by atoms with Crippen molar-refractivity contribution in [3.63, 3.8) is 0 Å². The highest BCUT2D eigenvalue weighted by Crippen LogP contribution is 2.41. The Morgan fingerprint density at radius 1 is 0.630 bits per heavy atom. The number of hydrogen-bond acceptors (Lipinski definition) is 3. The van der Waals surface area contributed by atoms with Crippen molar-refractivity contribution in [3.05, 3.63) is 131 Å². The van der Waals surface area contributed by atoms with Crippen molar-refractivity contribution in [1.82, 2.24) is 19.3 Å². The molecule has 230 valence electrons. The van der Waals surface area contributed by atoms with E-state index in [1.54, 1.807) is 0 Å². The van der Waals surface area contributed by atoms with Crippen LogP contribution < -0.4 is 4.74 Å². The van der Waals surface area contributed by atoms with E-state index in [4.69, 9.17) is 14.8 Å². The van der Waals surface area contributed by atoms with Gasteiger partial charge in [0.1, 0.15) is 17.3 Å². The molecule has 0 saturated carbocycles. The number of aryl methyl sites for hydroxylation is 5. The summed E-state index contributed by atoms with van der Waals surface area (Å²) in [5, 5.41) is 7.52. The van der Waals surface area contributed by atoms with Gasteiger partial charge in [-0.3, -0.25) is 4.57 Å². The molecule has 3 aromatic heterocycles. The van der Waals surface area contributed by atoms with Crippen molar-refractivity contribution >= 4 is 21.8 Å². The number of nitrogens with zero attached hydrogens (tertiary/aromatic N) is 4. The Balaban J connectivity index is 1.35. The second kappa shape index (κ2) is 11.0. The van der Waals surface area contributed by atoms with Crippen molar-refractivity contribution in [2.24, 2.45) is 0 Å². The monoisotopic (exact) mass is 604 g/mol. The fraction of sp³-hybridized carbons (Fsp3) is 0.220. The molecule has 46 heavy (non-hydrogen) atoms. The summed E-state index contributed by atoms with van der Waals surface area (Å²) < 4.78 is 11.0. The number of ether oxygens (including phenoxy) is 1. The molecule has 7 rings (SSSR count). The standard InChI is InChI=1S/C41H40N4O/c1-25-18-19-42-37(22-25)44-35-15-10-9-14-33(35)34-17-16-31(24-36(34)44)46-32-21-26(2)20-30(23-32)45-40(41(6,7)8)39(29(5)43-45)38-27(3)12-11-13-28(38)4/h9-24H,1-8H3. The lowest BCUT2D eigenvalue weighted by molar-refractivity contribution is 0.481. The van der Waals surface area contributed by atoms with Crippen molar-refractivity contribution in [1.29, 1.82) is 0 Å². The zero-order valence-electron chi connectivity index (χ0n) is 27.9. The molecule has 0 bridgehead atoms. The minimum Gasteiger partial charge on any atom is -0.457 e. The van der Waals surface area contributed by atoms with Crippen LogP contribution >= 0.6 is 0 Å². The van der Waals surface area contributed by atoms with Crippen LogP contribution in [-0.4, -0.2) is 19.3 Å². The Morgan fingerprint density at radius 3 is 2.11 bits per heavy atom.